The number of hydrogen-bond acceptors (Lipinski definition) is 4. The summed E-state index contributed by atoms with van der Waals surface area (Å²) in [5.74, 6) is 0.0814. The summed E-state index contributed by atoms with van der Waals surface area (Å²) < 4.78 is 0. The van der Waals surface area contributed by atoms with Gasteiger partial charge in [0.15, 0.2) is 5.78 Å². The summed E-state index contributed by atoms with van der Waals surface area (Å²) in [4.78, 5) is 15.8. The van der Waals surface area contributed by atoms with Crippen molar-refractivity contribution in [1.82, 2.24) is 0 Å². The van der Waals surface area contributed by atoms with Crippen LogP contribution in [-0.2, 0) is 4.84 Å². The molecule has 0 saturated heterocycles. The van der Waals surface area contributed by atoms with E-state index in [1.807, 2.05) is 0 Å². The second kappa shape index (κ2) is 5.01. The fourth-order valence-electron chi connectivity index (χ4n) is 0.960. The standard InChI is InChI=1S/C10H11NO3/c1-14-11-7-6-10(13)8-2-4-9(12)5-3-8/h2-5,7,12H,6H2,1H3/b11-7+. The number of Topliss-reactive ketones (excluding diaryl/α,β-unsaturated/α-hetero) is 1. The molecule has 4 nitrogen and oxygen atoms in total. The Morgan fingerprint density at radius 1 is 1.50 bits per heavy atom. The number of oxime groups is 1. The first kappa shape index (κ1) is 10.2. The second-order valence-electron chi connectivity index (χ2n) is 2.64. The molecule has 74 valence electrons. The van der Waals surface area contributed by atoms with Crippen molar-refractivity contribution in [3.8, 4) is 5.75 Å². The molecule has 0 saturated carbocycles. The van der Waals surface area contributed by atoms with Crippen molar-refractivity contribution in [3.05, 3.63) is 29.8 Å². The van der Waals surface area contributed by atoms with Crippen molar-refractivity contribution < 1.29 is 14.7 Å². The number of rotatable bonds is 4. The Morgan fingerprint density at radius 3 is 2.71 bits per heavy atom. The van der Waals surface area contributed by atoms with Gasteiger partial charge in [0.05, 0.1) is 6.21 Å². The minimum atomic E-state index is -0.0641. The Balaban J connectivity index is 2.61. The zero-order valence-corrected chi connectivity index (χ0v) is 7.80. The molecule has 0 amide bonds. The van der Waals surface area contributed by atoms with Crippen molar-refractivity contribution in [2.75, 3.05) is 7.11 Å². The van der Waals surface area contributed by atoms with Gasteiger partial charge >= 0.3 is 0 Å². The summed E-state index contributed by atoms with van der Waals surface area (Å²) in [5.41, 5.74) is 0.547. The minimum absolute atomic E-state index is 0.0641. The van der Waals surface area contributed by atoms with E-state index in [0.717, 1.165) is 0 Å². The molecule has 1 N–H and O–H groups in total. The molecule has 0 aromatic heterocycles. The summed E-state index contributed by atoms with van der Waals surface area (Å²) in [5, 5.41) is 12.5. The highest BCUT2D eigenvalue weighted by molar-refractivity contribution is 6.03. The fraction of sp³-hybridized carbons (Fsp3) is 0.200. The average Bonchev–Trinajstić information content (AvgIpc) is 2.19. The van der Waals surface area contributed by atoms with Gasteiger partial charge in [-0.1, -0.05) is 5.16 Å². The van der Waals surface area contributed by atoms with E-state index in [4.69, 9.17) is 5.11 Å². The molecule has 0 unspecified atom stereocenters. The predicted octanol–water partition coefficient (Wildman–Crippen LogP) is 1.60. The Bertz CT molecular complexity index is 330. The monoisotopic (exact) mass is 193 g/mol. The predicted molar refractivity (Wildman–Crippen MR) is 52.6 cm³/mol. The van der Waals surface area contributed by atoms with Crippen LogP contribution in [0.4, 0.5) is 0 Å². The lowest BCUT2D eigenvalue weighted by atomic mass is 10.1. The molecular weight excluding hydrogens is 182 g/mol. The van der Waals surface area contributed by atoms with Gasteiger partial charge in [-0.2, -0.15) is 0 Å². The highest BCUT2D eigenvalue weighted by atomic mass is 16.6. The average molecular weight is 193 g/mol. The van der Waals surface area contributed by atoms with E-state index in [2.05, 4.69) is 9.99 Å². The van der Waals surface area contributed by atoms with Gasteiger partial charge in [0.25, 0.3) is 0 Å². The van der Waals surface area contributed by atoms with Crippen LogP contribution in [0.1, 0.15) is 16.8 Å². The molecule has 0 bridgehead atoms. The maximum Gasteiger partial charge on any atom is 0.168 e. The van der Waals surface area contributed by atoms with Crippen molar-refractivity contribution in [1.29, 1.82) is 0 Å². The first-order chi connectivity index (χ1) is 6.74. The third-order valence-corrected chi connectivity index (χ3v) is 1.65. The van der Waals surface area contributed by atoms with Crippen LogP contribution in [0.2, 0.25) is 0 Å². The zero-order valence-electron chi connectivity index (χ0n) is 7.80. The Labute approximate surface area is 81.8 Å². The van der Waals surface area contributed by atoms with Crippen LogP contribution in [0.25, 0.3) is 0 Å². The lowest BCUT2D eigenvalue weighted by molar-refractivity contribution is 0.1000. The third kappa shape index (κ3) is 2.90. The normalized spacial score (nSPS) is 10.4. The van der Waals surface area contributed by atoms with Gasteiger partial charge in [0.1, 0.15) is 12.9 Å². The summed E-state index contributed by atoms with van der Waals surface area (Å²) in [7, 11) is 1.42. The number of phenols is 1. The largest absolute Gasteiger partial charge is 0.508 e. The zero-order chi connectivity index (χ0) is 10.4. The van der Waals surface area contributed by atoms with Crippen molar-refractivity contribution in [2.45, 2.75) is 6.42 Å². The number of benzene rings is 1. The van der Waals surface area contributed by atoms with E-state index in [0.29, 0.717) is 5.56 Å². The van der Waals surface area contributed by atoms with Crippen LogP contribution in [0, 0.1) is 0 Å². The molecule has 0 heterocycles. The number of ketones is 1. The Kier molecular flexibility index (Phi) is 3.67. The lowest BCUT2D eigenvalue weighted by Crippen LogP contribution is -1.98. The van der Waals surface area contributed by atoms with E-state index in [-0.39, 0.29) is 18.0 Å². The van der Waals surface area contributed by atoms with Crippen molar-refractivity contribution >= 4 is 12.0 Å². The number of nitrogens with zero attached hydrogens (tertiary/aromatic N) is 1. The Hall–Kier alpha value is -1.84. The van der Waals surface area contributed by atoms with Crippen LogP contribution in [0.15, 0.2) is 29.4 Å². The molecule has 0 aliphatic carbocycles. The third-order valence-electron chi connectivity index (χ3n) is 1.65. The molecule has 1 aromatic carbocycles. The summed E-state index contributed by atoms with van der Waals surface area (Å²) in [6, 6.07) is 6.08. The van der Waals surface area contributed by atoms with Gasteiger partial charge < -0.3 is 9.94 Å². The first-order valence-corrected chi connectivity index (χ1v) is 4.11. The van der Waals surface area contributed by atoms with E-state index >= 15 is 0 Å². The molecule has 0 fully saturated rings. The molecule has 4 heteroatoms. The topological polar surface area (TPSA) is 58.9 Å². The molecule has 14 heavy (non-hydrogen) atoms. The van der Waals surface area contributed by atoms with Crippen LogP contribution < -0.4 is 0 Å². The van der Waals surface area contributed by atoms with Gasteiger partial charge in [0.2, 0.25) is 0 Å². The molecule has 1 aromatic rings. The maximum absolute atomic E-state index is 11.4. The summed E-state index contributed by atoms with van der Waals surface area (Å²) >= 11 is 0. The van der Waals surface area contributed by atoms with E-state index < -0.39 is 0 Å². The molecule has 0 spiro atoms. The van der Waals surface area contributed by atoms with Crippen LogP contribution in [-0.4, -0.2) is 24.2 Å². The van der Waals surface area contributed by atoms with Gasteiger partial charge in [-0.15, -0.1) is 0 Å². The maximum atomic E-state index is 11.4. The van der Waals surface area contributed by atoms with E-state index in [1.54, 1.807) is 12.1 Å². The van der Waals surface area contributed by atoms with Crippen LogP contribution in [0.3, 0.4) is 0 Å². The molecule has 0 aliphatic rings. The quantitative estimate of drug-likeness (QED) is 0.449. The molecule has 0 radical (unpaired) electrons. The summed E-state index contributed by atoms with van der Waals surface area (Å²) in [6.45, 7) is 0. The SMILES string of the molecule is CO/N=C/CC(=O)c1ccc(O)cc1. The number of aromatic hydroxyl groups is 1. The highest BCUT2D eigenvalue weighted by Gasteiger charge is 2.03. The van der Waals surface area contributed by atoms with Gasteiger partial charge in [0, 0.05) is 12.0 Å². The summed E-state index contributed by atoms with van der Waals surface area (Å²) in [6.07, 6.45) is 1.59. The van der Waals surface area contributed by atoms with Gasteiger partial charge in [-0.05, 0) is 24.3 Å². The number of phenolic OH excluding ortho intramolecular Hbond substituents is 1. The number of carbonyl (C=O) groups excluding carboxylic acids is 1. The second-order valence-corrected chi connectivity index (χ2v) is 2.64. The van der Waals surface area contributed by atoms with Crippen molar-refractivity contribution in [2.24, 2.45) is 5.16 Å². The molecule has 0 atom stereocenters. The van der Waals surface area contributed by atoms with E-state index in [1.165, 1.54) is 25.5 Å². The lowest BCUT2D eigenvalue weighted by Gasteiger charge is -1.97. The first-order valence-electron chi connectivity index (χ1n) is 4.11. The van der Waals surface area contributed by atoms with Crippen molar-refractivity contribution in [3.63, 3.8) is 0 Å². The molecular formula is C10H11NO3. The smallest absolute Gasteiger partial charge is 0.168 e. The van der Waals surface area contributed by atoms with Gasteiger partial charge in [-0.3, -0.25) is 4.79 Å². The Morgan fingerprint density at radius 2 is 2.14 bits per heavy atom. The number of carbonyl (C=O) groups is 1. The van der Waals surface area contributed by atoms with Crippen LogP contribution >= 0.6 is 0 Å². The molecule has 0 aliphatic heterocycles. The van der Waals surface area contributed by atoms with Gasteiger partial charge in [-0.25, -0.2) is 0 Å². The van der Waals surface area contributed by atoms with E-state index in [9.17, 15) is 4.79 Å². The number of hydrogen-bond donors (Lipinski definition) is 1. The highest BCUT2D eigenvalue weighted by Crippen LogP contribution is 2.10. The fourth-order valence-corrected chi connectivity index (χ4v) is 0.960. The molecule has 1 rings (SSSR count). The minimum Gasteiger partial charge on any atom is -0.508 e. The van der Waals surface area contributed by atoms with Crippen LogP contribution in [0.5, 0.6) is 5.75 Å².